The van der Waals surface area contributed by atoms with Crippen LogP contribution in [0.4, 0.5) is 10.7 Å². The summed E-state index contributed by atoms with van der Waals surface area (Å²) in [6, 6.07) is 0. The highest BCUT2D eigenvalue weighted by atomic mass is 32.2. The number of nitrogen functional groups attached to an aromatic ring is 1. The van der Waals surface area contributed by atoms with E-state index >= 15 is 0 Å². The quantitative estimate of drug-likeness (QED) is 0.699. The van der Waals surface area contributed by atoms with Crippen LogP contribution in [0.15, 0.2) is 4.90 Å². The molecular weight excluding hydrogens is 296 g/mol. The number of anilines is 2. The molecule has 1 aromatic heterocycles. The van der Waals surface area contributed by atoms with Crippen molar-refractivity contribution in [1.82, 2.24) is 4.90 Å². The number of ether oxygens (including phenoxy) is 1. The lowest BCUT2D eigenvalue weighted by Crippen LogP contribution is -2.43. The number of hydrogen-bond acceptors (Lipinski definition) is 7. The molecule has 0 spiro atoms. The van der Waals surface area contributed by atoms with Gasteiger partial charge in [0.05, 0.1) is 23.3 Å². The fourth-order valence-electron chi connectivity index (χ4n) is 2.13. The van der Waals surface area contributed by atoms with Crippen molar-refractivity contribution in [3.63, 3.8) is 0 Å². The minimum atomic E-state index is -0.482. The molecule has 8 heteroatoms. The van der Waals surface area contributed by atoms with Gasteiger partial charge in [-0.2, -0.15) is 0 Å². The van der Waals surface area contributed by atoms with Crippen LogP contribution in [-0.4, -0.2) is 56.5 Å². The van der Waals surface area contributed by atoms with Crippen molar-refractivity contribution in [3.05, 3.63) is 4.88 Å². The Labute approximate surface area is 126 Å². The Hall–Kier alpha value is -0.960. The summed E-state index contributed by atoms with van der Waals surface area (Å²) in [5, 5.41) is 4.22. The van der Waals surface area contributed by atoms with Crippen molar-refractivity contribution < 1.29 is 9.53 Å². The van der Waals surface area contributed by atoms with Crippen LogP contribution in [0.1, 0.15) is 9.67 Å². The number of hydrogen-bond donors (Lipinski definition) is 3. The topological polar surface area (TPSA) is 93.6 Å². The normalized spacial score (nSPS) is 20.0. The van der Waals surface area contributed by atoms with Gasteiger partial charge in [-0.15, -0.1) is 23.1 Å². The van der Waals surface area contributed by atoms with Crippen molar-refractivity contribution in [3.8, 4) is 0 Å². The molecule has 0 saturated carbocycles. The number of amides is 1. The maximum absolute atomic E-state index is 11.3. The number of morpholine rings is 1. The van der Waals surface area contributed by atoms with Crippen LogP contribution in [0.3, 0.4) is 0 Å². The van der Waals surface area contributed by atoms with Gasteiger partial charge in [0, 0.05) is 19.6 Å². The third-order valence-corrected chi connectivity index (χ3v) is 5.30. The molecule has 6 nitrogen and oxygen atoms in total. The Balaban J connectivity index is 2.05. The molecular formula is C12H20N4O2S2. The number of thiophene rings is 1. The highest BCUT2D eigenvalue weighted by Gasteiger charge is 2.21. The molecule has 1 atom stereocenters. The minimum absolute atomic E-state index is 0.142. The van der Waals surface area contributed by atoms with Gasteiger partial charge in [-0.05, 0) is 13.3 Å². The maximum Gasteiger partial charge on any atom is 0.261 e. The van der Waals surface area contributed by atoms with E-state index in [0.29, 0.717) is 17.1 Å². The van der Waals surface area contributed by atoms with Gasteiger partial charge in [0.1, 0.15) is 9.88 Å². The zero-order chi connectivity index (χ0) is 14.7. The Bertz CT molecular complexity index is 492. The zero-order valence-electron chi connectivity index (χ0n) is 11.6. The number of nitrogens with one attached hydrogen (secondary N) is 1. The third-order valence-electron chi connectivity index (χ3n) is 3.16. The summed E-state index contributed by atoms with van der Waals surface area (Å²) in [5.41, 5.74) is 11.8. The van der Waals surface area contributed by atoms with Gasteiger partial charge in [-0.3, -0.25) is 4.79 Å². The molecule has 20 heavy (non-hydrogen) atoms. The van der Waals surface area contributed by atoms with Crippen molar-refractivity contribution >= 4 is 39.7 Å². The molecule has 0 aliphatic carbocycles. The second-order valence-corrected chi connectivity index (χ2v) is 6.54. The number of nitrogens with zero attached hydrogens (tertiary/aromatic N) is 1. The molecule has 0 aromatic carbocycles. The Morgan fingerprint density at radius 3 is 3.00 bits per heavy atom. The van der Waals surface area contributed by atoms with E-state index in [0.717, 1.165) is 29.6 Å². The molecule has 1 fully saturated rings. The largest absolute Gasteiger partial charge is 0.396 e. The number of carbonyl (C=O) groups excluding carboxylic acids is 1. The van der Waals surface area contributed by atoms with E-state index in [-0.39, 0.29) is 6.10 Å². The van der Waals surface area contributed by atoms with Crippen molar-refractivity contribution in [1.29, 1.82) is 0 Å². The molecule has 1 aliphatic heterocycles. The van der Waals surface area contributed by atoms with E-state index < -0.39 is 5.91 Å². The van der Waals surface area contributed by atoms with Crippen LogP contribution in [-0.2, 0) is 4.74 Å². The lowest BCUT2D eigenvalue weighted by atomic mass is 10.3. The molecule has 112 valence electrons. The third kappa shape index (κ3) is 3.38. The second-order valence-electron chi connectivity index (χ2n) is 4.71. The van der Waals surface area contributed by atoms with Crippen LogP contribution in [0.25, 0.3) is 0 Å². The molecule has 1 saturated heterocycles. The summed E-state index contributed by atoms with van der Waals surface area (Å²) in [5.74, 6) is -0.482. The Morgan fingerprint density at radius 2 is 2.40 bits per heavy atom. The Morgan fingerprint density at radius 1 is 1.65 bits per heavy atom. The molecule has 5 N–H and O–H groups in total. The summed E-state index contributed by atoms with van der Waals surface area (Å²) in [6.45, 7) is 3.29. The highest BCUT2D eigenvalue weighted by molar-refractivity contribution is 7.99. The summed E-state index contributed by atoms with van der Waals surface area (Å²) in [6.07, 6.45) is 2.07. The van der Waals surface area contributed by atoms with E-state index in [4.69, 9.17) is 16.2 Å². The number of carbonyl (C=O) groups is 1. The summed E-state index contributed by atoms with van der Waals surface area (Å²) in [7, 11) is 2.08. The molecule has 1 aromatic rings. The van der Waals surface area contributed by atoms with E-state index in [1.807, 2.05) is 6.26 Å². The number of likely N-dealkylation sites (N-methyl/N-ethyl adjacent to an activating group) is 1. The number of nitrogens with two attached hydrogens (primary N) is 2. The van der Waals surface area contributed by atoms with E-state index in [1.54, 1.807) is 0 Å². The number of thioether (sulfide) groups is 1. The van der Waals surface area contributed by atoms with Gasteiger partial charge in [-0.25, -0.2) is 0 Å². The average Bonchev–Trinajstić information content (AvgIpc) is 2.73. The molecule has 1 unspecified atom stereocenters. The lowest BCUT2D eigenvalue weighted by Gasteiger charge is -2.30. The van der Waals surface area contributed by atoms with Gasteiger partial charge in [0.15, 0.2) is 0 Å². The molecule has 2 heterocycles. The summed E-state index contributed by atoms with van der Waals surface area (Å²) < 4.78 is 5.70. The first-order chi connectivity index (χ1) is 9.52. The summed E-state index contributed by atoms with van der Waals surface area (Å²) in [4.78, 5) is 14.9. The molecule has 2 rings (SSSR count). The fraction of sp³-hybridized carbons (Fsp3) is 0.583. The van der Waals surface area contributed by atoms with Gasteiger partial charge < -0.3 is 26.4 Å². The second kappa shape index (κ2) is 6.66. The van der Waals surface area contributed by atoms with E-state index in [2.05, 4.69) is 17.3 Å². The first kappa shape index (κ1) is 15.4. The van der Waals surface area contributed by atoms with E-state index in [1.165, 1.54) is 23.1 Å². The predicted molar refractivity (Wildman–Crippen MR) is 84.8 cm³/mol. The first-order valence-corrected chi connectivity index (χ1v) is 8.37. The predicted octanol–water partition coefficient (Wildman–Crippen LogP) is 0.894. The molecule has 1 amide bonds. The minimum Gasteiger partial charge on any atom is -0.396 e. The van der Waals surface area contributed by atoms with Gasteiger partial charge in [-0.1, -0.05) is 0 Å². The van der Waals surface area contributed by atoms with Crippen molar-refractivity contribution in [2.24, 2.45) is 5.73 Å². The van der Waals surface area contributed by atoms with Crippen LogP contribution in [0.5, 0.6) is 0 Å². The average molecular weight is 316 g/mol. The maximum atomic E-state index is 11.3. The van der Waals surface area contributed by atoms with Crippen LogP contribution in [0, 0.1) is 0 Å². The standard InChI is InChI=1S/C12H20N4O2S2/c1-16-3-4-18-7(6-16)5-15-12-10(19-2)8(13)9(20-12)11(14)17/h7,15H,3-6,13H2,1-2H3,(H2,14,17). The van der Waals surface area contributed by atoms with Gasteiger partial charge in [0.2, 0.25) is 0 Å². The zero-order valence-corrected chi connectivity index (χ0v) is 13.3. The first-order valence-electron chi connectivity index (χ1n) is 6.33. The number of rotatable bonds is 5. The smallest absolute Gasteiger partial charge is 0.261 e. The van der Waals surface area contributed by atoms with Crippen LogP contribution >= 0.6 is 23.1 Å². The summed E-state index contributed by atoms with van der Waals surface area (Å²) >= 11 is 2.82. The highest BCUT2D eigenvalue weighted by Crippen LogP contribution is 2.41. The van der Waals surface area contributed by atoms with Crippen LogP contribution < -0.4 is 16.8 Å². The molecule has 0 bridgehead atoms. The lowest BCUT2D eigenvalue weighted by molar-refractivity contribution is -0.0117. The van der Waals surface area contributed by atoms with Crippen molar-refractivity contribution in [2.75, 3.05) is 50.6 Å². The van der Waals surface area contributed by atoms with Gasteiger partial charge in [0.25, 0.3) is 5.91 Å². The monoisotopic (exact) mass is 316 g/mol. The van der Waals surface area contributed by atoms with Gasteiger partial charge >= 0.3 is 0 Å². The SMILES string of the molecule is CSc1c(NCC2CN(C)CCO2)sc(C(N)=O)c1N. The van der Waals surface area contributed by atoms with Crippen LogP contribution in [0.2, 0.25) is 0 Å². The molecule has 0 radical (unpaired) electrons. The fourth-order valence-corrected chi connectivity index (χ4v) is 4.02. The Kier molecular flexibility index (Phi) is 5.14. The molecule has 1 aliphatic rings. The number of primary amides is 1. The van der Waals surface area contributed by atoms with Crippen molar-refractivity contribution in [2.45, 2.75) is 11.0 Å². The van der Waals surface area contributed by atoms with E-state index in [9.17, 15) is 4.79 Å².